The van der Waals surface area contributed by atoms with Crippen LogP contribution < -0.4 is 0 Å². The summed E-state index contributed by atoms with van der Waals surface area (Å²) in [6, 6.07) is 3.60. The summed E-state index contributed by atoms with van der Waals surface area (Å²) in [5, 5.41) is 9.64. The van der Waals surface area contributed by atoms with Gasteiger partial charge in [0, 0.05) is 25.1 Å². The second-order valence-corrected chi connectivity index (χ2v) is 6.12. The highest BCUT2D eigenvalue weighted by molar-refractivity contribution is 9.11. The van der Waals surface area contributed by atoms with Crippen LogP contribution in [0.2, 0.25) is 0 Å². The minimum atomic E-state index is 0.171. The normalized spacial score (nSPS) is 19.5. The summed E-state index contributed by atoms with van der Waals surface area (Å²) in [4.78, 5) is 13.9. The van der Waals surface area contributed by atoms with Gasteiger partial charge in [-0.05, 0) is 62.7 Å². The second kappa shape index (κ2) is 5.55. The summed E-state index contributed by atoms with van der Waals surface area (Å²) in [7, 11) is 2.00. The van der Waals surface area contributed by atoms with E-state index in [1.807, 2.05) is 13.1 Å². The second-order valence-electron chi connectivity index (χ2n) is 4.41. The van der Waals surface area contributed by atoms with Crippen molar-refractivity contribution in [3.05, 3.63) is 32.2 Å². The summed E-state index contributed by atoms with van der Waals surface area (Å²) in [5.41, 5.74) is 1.71. The predicted octanol–water partition coefficient (Wildman–Crippen LogP) is 3.21. The number of piperidine rings is 1. The van der Waals surface area contributed by atoms with E-state index < -0.39 is 0 Å². The summed E-state index contributed by atoms with van der Waals surface area (Å²) >= 11 is 6.57. The molecular weight excluding hydrogens is 362 g/mol. The van der Waals surface area contributed by atoms with Crippen LogP contribution in [0.1, 0.15) is 12.0 Å². The zero-order chi connectivity index (χ0) is 13.3. The lowest BCUT2D eigenvalue weighted by molar-refractivity contribution is -0.117. The average Bonchev–Trinajstić information content (AvgIpc) is 2.31. The number of hydrogen-bond donors (Lipinski definition) is 1. The molecule has 0 atom stereocenters. The van der Waals surface area contributed by atoms with Crippen LogP contribution in [0.25, 0.3) is 6.08 Å². The number of likely N-dealkylation sites (tertiary alicyclic amines) is 1. The Morgan fingerprint density at radius 1 is 1.33 bits per heavy atom. The van der Waals surface area contributed by atoms with Crippen molar-refractivity contribution in [1.82, 2.24) is 4.90 Å². The first-order valence-electron chi connectivity index (χ1n) is 5.57. The molecule has 0 spiro atoms. The van der Waals surface area contributed by atoms with Crippen LogP contribution in [0.4, 0.5) is 0 Å². The Morgan fingerprint density at radius 2 is 1.94 bits per heavy atom. The van der Waals surface area contributed by atoms with Crippen molar-refractivity contribution in [3.63, 3.8) is 0 Å². The molecule has 5 heteroatoms. The minimum Gasteiger partial charge on any atom is -0.506 e. The van der Waals surface area contributed by atoms with Crippen LogP contribution >= 0.6 is 31.9 Å². The van der Waals surface area contributed by atoms with Crippen LogP contribution in [-0.4, -0.2) is 35.9 Å². The SMILES string of the molecule is CN1CCC(=O)/C(=C/c2cc(Br)c(O)c(Br)c2)C1. The van der Waals surface area contributed by atoms with Gasteiger partial charge < -0.3 is 10.0 Å². The molecule has 3 nitrogen and oxygen atoms in total. The van der Waals surface area contributed by atoms with E-state index in [4.69, 9.17) is 0 Å². The number of halogens is 2. The van der Waals surface area contributed by atoms with Gasteiger partial charge in [-0.25, -0.2) is 0 Å². The lowest BCUT2D eigenvalue weighted by Crippen LogP contribution is -2.32. The highest BCUT2D eigenvalue weighted by atomic mass is 79.9. The summed E-state index contributed by atoms with van der Waals surface area (Å²) in [5.74, 6) is 0.373. The van der Waals surface area contributed by atoms with Crippen molar-refractivity contribution >= 4 is 43.7 Å². The van der Waals surface area contributed by atoms with Gasteiger partial charge >= 0.3 is 0 Å². The van der Waals surface area contributed by atoms with Gasteiger partial charge in [0.2, 0.25) is 0 Å². The van der Waals surface area contributed by atoms with E-state index in [2.05, 4.69) is 36.8 Å². The van der Waals surface area contributed by atoms with Crippen LogP contribution in [0.5, 0.6) is 5.75 Å². The summed E-state index contributed by atoms with van der Waals surface area (Å²) in [6.07, 6.45) is 2.45. The molecule has 0 amide bonds. The molecule has 1 N–H and O–H groups in total. The number of aromatic hydroxyl groups is 1. The fraction of sp³-hybridized carbons (Fsp3) is 0.308. The van der Waals surface area contributed by atoms with Gasteiger partial charge in [-0.3, -0.25) is 4.79 Å². The fourth-order valence-electron chi connectivity index (χ4n) is 1.91. The van der Waals surface area contributed by atoms with Crippen LogP contribution in [0, 0.1) is 0 Å². The van der Waals surface area contributed by atoms with Crippen LogP contribution in [0.15, 0.2) is 26.7 Å². The number of hydrogen-bond acceptors (Lipinski definition) is 3. The Balaban J connectivity index is 2.35. The van der Waals surface area contributed by atoms with E-state index in [0.717, 1.165) is 17.7 Å². The molecule has 1 saturated heterocycles. The van der Waals surface area contributed by atoms with Crippen LogP contribution in [-0.2, 0) is 4.79 Å². The number of carbonyl (C=O) groups excluding carboxylic acids is 1. The first-order valence-corrected chi connectivity index (χ1v) is 7.16. The third kappa shape index (κ3) is 3.02. The number of phenols is 1. The molecule has 1 heterocycles. The maximum atomic E-state index is 11.8. The largest absolute Gasteiger partial charge is 0.506 e. The Kier molecular flexibility index (Phi) is 4.25. The lowest BCUT2D eigenvalue weighted by atomic mass is 10.0. The first-order chi connectivity index (χ1) is 8.47. The number of nitrogens with zero attached hydrogens (tertiary/aromatic N) is 1. The molecular formula is C13H13Br2NO2. The minimum absolute atomic E-state index is 0.171. The quantitative estimate of drug-likeness (QED) is 0.767. The molecule has 18 heavy (non-hydrogen) atoms. The third-order valence-electron chi connectivity index (χ3n) is 2.90. The Labute approximate surface area is 123 Å². The molecule has 0 aliphatic carbocycles. The molecule has 0 radical (unpaired) electrons. The number of likely N-dealkylation sites (N-methyl/N-ethyl adjacent to an activating group) is 1. The number of phenolic OH excluding ortho intramolecular Hbond substituents is 1. The summed E-state index contributed by atoms with van der Waals surface area (Å²) in [6.45, 7) is 1.49. The monoisotopic (exact) mass is 373 g/mol. The molecule has 1 fully saturated rings. The lowest BCUT2D eigenvalue weighted by Gasteiger charge is -2.23. The van der Waals surface area contributed by atoms with Crippen molar-refractivity contribution in [3.8, 4) is 5.75 Å². The molecule has 1 aromatic rings. The third-order valence-corrected chi connectivity index (χ3v) is 4.11. The van der Waals surface area contributed by atoms with Crippen molar-refractivity contribution in [1.29, 1.82) is 0 Å². The molecule has 1 aliphatic rings. The van der Waals surface area contributed by atoms with Gasteiger partial charge in [0.1, 0.15) is 5.75 Å². The molecule has 0 bridgehead atoms. The van der Waals surface area contributed by atoms with Gasteiger partial charge in [-0.1, -0.05) is 0 Å². The van der Waals surface area contributed by atoms with Crippen molar-refractivity contribution in [2.24, 2.45) is 0 Å². The number of Topliss-reactive ketones (excluding diaryl/α,β-unsaturated/α-hetero) is 1. The average molecular weight is 375 g/mol. The van der Waals surface area contributed by atoms with Gasteiger partial charge in [0.05, 0.1) is 8.95 Å². The van der Waals surface area contributed by atoms with Crippen LogP contribution in [0.3, 0.4) is 0 Å². The van der Waals surface area contributed by atoms with Crippen molar-refractivity contribution in [2.45, 2.75) is 6.42 Å². The smallest absolute Gasteiger partial charge is 0.161 e. The Hall–Kier alpha value is -0.650. The number of carbonyl (C=O) groups is 1. The van der Waals surface area contributed by atoms with Crippen molar-refractivity contribution < 1.29 is 9.90 Å². The zero-order valence-corrected chi connectivity index (χ0v) is 13.1. The van der Waals surface area contributed by atoms with Gasteiger partial charge in [0.15, 0.2) is 5.78 Å². The first kappa shape index (κ1) is 13.8. The molecule has 96 valence electrons. The van der Waals surface area contributed by atoms with E-state index in [9.17, 15) is 9.90 Å². The molecule has 1 aliphatic heterocycles. The highest BCUT2D eigenvalue weighted by Gasteiger charge is 2.18. The molecule has 0 saturated carbocycles. The maximum absolute atomic E-state index is 11.8. The highest BCUT2D eigenvalue weighted by Crippen LogP contribution is 2.34. The fourth-order valence-corrected chi connectivity index (χ4v) is 3.13. The maximum Gasteiger partial charge on any atom is 0.161 e. The number of rotatable bonds is 1. The molecule has 0 aromatic heterocycles. The summed E-state index contributed by atoms with van der Waals surface area (Å²) < 4.78 is 1.22. The van der Waals surface area contributed by atoms with E-state index in [-0.39, 0.29) is 11.5 Å². The van der Waals surface area contributed by atoms with E-state index >= 15 is 0 Å². The van der Waals surface area contributed by atoms with E-state index in [1.165, 1.54) is 0 Å². The molecule has 0 unspecified atom stereocenters. The standard InChI is InChI=1S/C13H13Br2NO2/c1-16-3-2-12(17)9(7-16)4-8-5-10(14)13(18)11(15)6-8/h4-6,18H,2-3,7H2,1H3/b9-4+. The molecule has 1 aromatic carbocycles. The Morgan fingerprint density at radius 3 is 2.56 bits per heavy atom. The number of ketones is 1. The number of benzene rings is 1. The Bertz CT molecular complexity index is 503. The van der Waals surface area contributed by atoms with E-state index in [1.54, 1.807) is 12.1 Å². The predicted molar refractivity (Wildman–Crippen MR) is 78.6 cm³/mol. The molecule has 2 rings (SSSR count). The van der Waals surface area contributed by atoms with Crippen molar-refractivity contribution in [2.75, 3.05) is 20.1 Å². The topological polar surface area (TPSA) is 40.5 Å². The van der Waals surface area contributed by atoms with Gasteiger partial charge in [-0.2, -0.15) is 0 Å². The van der Waals surface area contributed by atoms with Gasteiger partial charge in [0.25, 0.3) is 0 Å². The van der Waals surface area contributed by atoms with Gasteiger partial charge in [-0.15, -0.1) is 0 Å². The zero-order valence-electron chi connectivity index (χ0n) is 9.91. The van der Waals surface area contributed by atoms with E-state index in [0.29, 0.717) is 21.9 Å².